The molecule has 0 spiro atoms. The topological polar surface area (TPSA) is 682 Å². The second kappa shape index (κ2) is 65.7. The molecular weight excluding hydrogens is 1630 g/mol. The van der Waals surface area contributed by atoms with E-state index in [2.05, 4.69) is 79.8 Å². The van der Waals surface area contributed by atoms with Crippen molar-refractivity contribution in [1.82, 2.24) is 79.8 Å². The van der Waals surface area contributed by atoms with Crippen LogP contribution in [-0.2, 0) is 76.7 Å². The third kappa shape index (κ3) is 46.8. The van der Waals surface area contributed by atoms with E-state index >= 15 is 0 Å². The Hall–Kier alpha value is -8.80. The number of carbonyl (C=O) groups is 16. The molecule has 726 valence electrons. The fraction of sp³-hybridized carbons (Fsp3) is 0.814. The van der Waals surface area contributed by atoms with Crippen LogP contribution in [-0.4, -0.2) is 243 Å². The Morgan fingerprint density at radius 3 is 0.683 bits per heavy atom. The maximum absolute atomic E-state index is 14.9. The summed E-state index contributed by atoms with van der Waals surface area (Å²) in [4.78, 5) is 226. The summed E-state index contributed by atoms with van der Waals surface area (Å²) in [7, 11) is 0. The SMILES string of the molecule is CC[C@H](C)[C@H](NC(=O)CN)C(=O)N[C@@H](CC(C)C)C(=O)N[C@@H](CO)C(=O)N[C@@H](CCCCN)C(=O)N[C@@H](CC(C)C)C(=O)N[C@@H](CC(C)C)C(=O)N[C@@H](CCCCN)C(=O)N[C@@H](CCCCN)C(=O)N[C@@H](CC(C)C)C(=O)N[C@@H](CCCCN)C(=O)N[C@@H](CCCCN)C(=O)N[C@H](C(=O)N[C@H](C(=O)N[C@@H](C)C(=O)N[C@@H](CCCCN)C(N)=O)[C@@H](C)CC)[C@@H](C)CC. The highest BCUT2D eigenvalue weighted by molar-refractivity contribution is 6.01. The number of unbranched alkanes of at least 4 members (excludes halogenated alkanes) is 6. The van der Waals surface area contributed by atoms with Crippen LogP contribution in [0.4, 0.5) is 0 Å². The molecule has 0 aliphatic heterocycles. The molecule has 40 heteroatoms. The molecule has 18 atom stereocenters. The summed E-state index contributed by atoms with van der Waals surface area (Å²) in [5, 5.41) is 51.4. The number of amides is 16. The third-order valence-corrected chi connectivity index (χ3v) is 22.0. The number of carbonyl (C=O) groups excluding carboxylic acids is 16. The molecule has 0 aliphatic carbocycles. The lowest BCUT2D eigenvalue weighted by Crippen LogP contribution is -2.62. The van der Waals surface area contributed by atoms with Crippen LogP contribution >= 0.6 is 0 Å². The molecule has 0 unspecified atom stereocenters. The summed E-state index contributed by atoms with van der Waals surface area (Å²) >= 11 is 0. The zero-order valence-electron chi connectivity index (χ0n) is 78.1. The van der Waals surface area contributed by atoms with Crippen LogP contribution in [0.5, 0.6) is 0 Å². The van der Waals surface area contributed by atoms with Gasteiger partial charge in [0.15, 0.2) is 0 Å². The van der Waals surface area contributed by atoms with Gasteiger partial charge in [-0.15, -0.1) is 0 Å². The summed E-state index contributed by atoms with van der Waals surface area (Å²) in [6.45, 7) is 26.6. The molecule has 0 fully saturated rings. The van der Waals surface area contributed by atoms with Gasteiger partial charge in [0.25, 0.3) is 0 Å². The first-order chi connectivity index (χ1) is 59.5. The van der Waals surface area contributed by atoms with Gasteiger partial charge in [0, 0.05) is 0 Å². The lowest BCUT2D eigenvalue weighted by Gasteiger charge is -2.31. The van der Waals surface area contributed by atoms with Gasteiger partial charge in [0.2, 0.25) is 94.5 Å². The van der Waals surface area contributed by atoms with Gasteiger partial charge in [-0.2, -0.15) is 0 Å². The molecule has 0 bridgehead atoms. The third-order valence-electron chi connectivity index (χ3n) is 22.0. The summed E-state index contributed by atoms with van der Waals surface area (Å²) in [5.74, 6) is -14.7. The predicted molar refractivity (Wildman–Crippen MR) is 484 cm³/mol. The Morgan fingerprint density at radius 2 is 0.437 bits per heavy atom. The van der Waals surface area contributed by atoms with Gasteiger partial charge in [0.05, 0.1) is 13.2 Å². The van der Waals surface area contributed by atoms with Crippen LogP contribution in [0.3, 0.4) is 0 Å². The van der Waals surface area contributed by atoms with Crippen molar-refractivity contribution in [3.8, 4) is 0 Å². The lowest BCUT2D eigenvalue weighted by molar-refractivity contribution is -0.137. The molecule has 0 aliphatic rings. The molecule has 0 aromatic rings. The smallest absolute Gasteiger partial charge is 0.245 e. The summed E-state index contributed by atoms with van der Waals surface area (Å²) in [5.41, 5.74) is 46.2. The molecule has 40 nitrogen and oxygen atoms in total. The average molecular weight is 1790 g/mol. The zero-order valence-corrected chi connectivity index (χ0v) is 78.1. The minimum atomic E-state index is -1.65. The molecule has 0 aromatic carbocycles. The molecule has 16 amide bonds. The van der Waals surface area contributed by atoms with Gasteiger partial charge in [-0.3, -0.25) is 76.7 Å². The van der Waals surface area contributed by atoms with E-state index in [0.29, 0.717) is 103 Å². The quantitative estimate of drug-likeness (QED) is 0.0288. The van der Waals surface area contributed by atoms with Crippen LogP contribution in [0, 0.1) is 41.4 Å². The molecular formula is C86H165N23O17. The molecule has 0 rings (SSSR count). The van der Waals surface area contributed by atoms with Crippen LogP contribution in [0.25, 0.3) is 0 Å². The molecule has 0 radical (unpaired) electrons. The first-order valence-electron chi connectivity index (χ1n) is 45.9. The van der Waals surface area contributed by atoms with E-state index in [4.69, 9.17) is 45.9 Å². The Morgan fingerprint density at radius 1 is 0.238 bits per heavy atom. The van der Waals surface area contributed by atoms with E-state index in [-0.39, 0.29) is 133 Å². The largest absolute Gasteiger partial charge is 0.394 e. The van der Waals surface area contributed by atoms with Crippen molar-refractivity contribution in [2.45, 2.75) is 355 Å². The van der Waals surface area contributed by atoms with Gasteiger partial charge < -0.3 is 131 Å². The molecule has 0 aromatic heterocycles. The van der Waals surface area contributed by atoms with Gasteiger partial charge in [-0.25, -0.2) is 0 Å². The summed E-state index contributed by atoms with van der Waals surface area (Å²) < 4.78 is 0. The lowest BCUT2D eigenvalue weighted by atomic mass is 9.94. The minimum Gasteiger partial charge on any atom is -0.394 e. The molecule has 126 heavy (non-hydrogen) atoms. The number of rotatable bonds is 70. The monoisotopic (exact) mass is 1790 g/mol. The van der Waals surface area contributed by atoms with Gasteiger partial charge in [-0.05, 0) is 229 Å². The van der Waals surface area contributed by atoms with Gasteiger partial charge in [-0.1, -0.05) is 116 Å². The van der Waals surface area contributed by atoms with Crippen molar-refractivity contribution in [1.29, 1.82) is 0 Å². The van der Waals surface area contributed by atoms with E-state index in [1.165, 1.54) is 6.92 Å². The highest BCUT2D eigenvalue weighted by Crippen LogP contribution is 2.19. The highest BCUT2D eigenvalue weighted by Gasteiger charge is 2.40. The predicted octanol–water partition coefficient (Wildman–Crippen LogP) is -2.19. The number of nitrogens with two attached hydrogens (primary N) is 8. The maximum Gasteiger partial charge on any atom is 0.245 e. The average Bonchev–Trinajstić information content (AvgIpc) is 0.852. The van der Waals surface area contributed by atoms with E-state index in [1.807, 2.05) is 6.92 Å². The van der Waals surface area contributed by atoms with Crippen molar-refractivity contribution in [3.63, 3.8) is 0 Å². The summed E-state index contributed by atoms with van der Waals surface area (Å²) in [6, 6.07) is -19.3. The van der Waals surface area contributed by atoms with E-state index in [0.717, 1.165) is 0 Å². The summed E-state index contributed by atoms with van der Waals surface area (Å²) in [6.07, 6.45) is 6.42. The normalized spacial score (nSPS) is 15.8. The number of hydrogen-bond donors (Lipinski definition) is 24. The Bertz CT molecular complexity index is 3320. The van der Waals surface area contributed by atoms with Crippen molar-refractivity contribution < 1.29 is 81.8 Å². The van der Waals surface area contributed by atoms with Crippen molar-refractivity contribution in [2.24, 2.45) is 87.3 Å². The van der Waals surface area contributed by atoms with E-state index < -0.39 is 204 Å². The van der Waals surface area contributed by atoms with Crippen LogP contribution in [0.15, 0.2) is 0 Å². The first kappa shape index (κ1) is 117. The van der Waals surface area contributed by atoms with E-state index in [9.17, 15) is 81.8 Å². The Kier molecular flexibility index (Phi) is 61.1. The number of aliphatic hydroxyl groups is 1. The van der Waals surface area contributed by atoms with Crippen molar-refractivity contribution in [2.75, 3.05) is 52.4 Å². The highest BCUT2D eigenvalue weighted by atomic mass is 16.3. The second-order valence-corrected chi connectivity index (χ2v) is 35.1. The van der Waals surface area contributed by atoms with Crippen LogP contribution in [0.1, 0.15) is 264 Å². The molecule has 32 N–H and O–H groups in total. The standard InChI is InChI=1S/C86H165N23O17/c1-16-53(12)69(107-68(111)47-93)85(125)105-66(46-52(10)11)82(122)106-67(48-110)83(123)101-61(35-23-29-41-91)77(117)103-65(45-51(8)9)81(121)104-64(44-50(6)7)80(120)100-58(32-20-26-38-88)74(114)97-60(34-22-28-40-90)76(116)102-63(43-49(4)5)79(119)99-59(33-21-27-39-89)75(115)98-62(36-24-30-42-92)78(118)108-71(55(14)18-3)86(126)109-70(54(13)17-2)84(124)95-56(15)73(113)96-57(72(94)112)31-19-25-37-87/h49-67,69-71,110H,16-48,87-93H2,1-15H3,(H2,94,112)(H,95,124)(H,96,113)(H,97,114)(H,98,115)(H,99,119)(H,100,120)(H,101,123)(H,102,116)(H,103,117)(H,104,121)(H,105,125)(H,106,122)(H,107,111)(H,108,118)(H,109,126)/t53-,54-,55-,56-,57-,58-,59-,60-,61-,62-,63-,64-,65-,66-,67-,69-,70-,71-/m0/s1. The number of hydrogen-bond acceptors (Lipinski definition) is 24. The van der Waals surface area contributed by atoms with Crippen molar-refractivity contribution in [3.05, 3.63) is 0 Å². The first-order valence-corrected chi connectivity index (χ1v) is 45.9. The zero-order chi connectivity index (χ0) is 95.9. The molecule has 0 saturated heterocycles. The Balaban J connectivity index is 7.38. The van der Waals surface area contributed by atoms with E-state index in [1.54, 1.807) is 90.0 Å². The second-order valence-electron chi connectivity index (χ2n) is 35.1. The van der Waals surface area contributed by atoms with Crippen LogP contribution in [0.2, 0.25) is 0 Å². The fourth-order valence-corrected chi connectivity index (χ4v) is 13.8. The molecule has 0 saturated carbocycles. The van der Waals surface area contributed by atoms with Gasteiger partial charge >= 0.3 is 0 Å². The Labute approximate surface area is 747 Å². The fourth-order valence-electron chi connectivity index (χ4n) is 13.8. The van der Waals surface area contributed by atoms with Crippen molar-refractivity contribution >= 4 is 94.5 Å². The molecule has 0 heterocycles. The minimum absolute atomic E-state index is 0.000743. The van der Waals surface area contributed by atoms with Crippen LogP contribution < -0.4 is 126 Å². The number of primary amides is 1. The number of nitrogens with one attached hydrogen (secondary N) is 15. The number of aliphatic hydroxyl groups excluding tert-OH is 1. The van der Waals surface area contributed by atoms with Gasteiger partial charge in [0.1, 0.15) is 90.6 Å². The maximum atomic E-state index is 14.9.